The number of amides is 3. The van der Waals surface area contributed by atoms with E-state index >= 15 is 0 Å². The van der Waals surface area contributed by atoms with Crippen LogP contribution in [0.5, 0.6) is 11.5 Å². The summed E-state index contributed by atoms with van der Waals surface area (Å²) >= 11 is 7.79. The maximum atomic E-state index is 13.7. The summed E-state index contributed by atoms with van der Waals surface area (Å²) in [5.74, 6) is 1.63. The molecule has 37 heavy (non-hydrogen) atoms. The molecule has 1 N–H and O–H groups in total. The van der Waals surface area contributed by atoms with E-state index in [1.165, 1.54) is 4.88 Å². The molecule has 1 aliphatic heterocycles. The summed E-state index contributed by atoms with van der Waals surface area (Å²) in [7, 11) is 1.61. The van der Waals surface area contributed by atoms with Crippen molar-refractivity contribution in [3.8, 4) is 11.5 Å². The van der Waals surface area contributed by atoms with Gasteiger partial charge in [-0.3, -0.25) is 4.79 Å². The standard InChI is InChI=1S/C28H30ClN3O4S/c1-35-24-7-2-3-8-25(24)36-18-23-22-12-14-37-26(22)11-13-32(23)27(33)17-31(16-19-9-10-19)28(34)30-21-6-4-5-20(29)15-21/h2-8,12,14-15,19,23H,9-11,13,16-18H2,1H3,(H,30,34). The van der Waals surface area contributed by atoms with Gasteiger partial charge in [0.15, 0.2) is 11.5 Å². The zero-order valence-corrected chi connectivity index (χ0v) is 22.3. The fourth-order valence-corrected chi connectivity index (χ4v) is 5.75. The molecule has 3 amide bonds. The molecule has 0 spiro atoms. The number of hydrogen-bond donors (Lipinski definition) is 1. The average molecular weight is 540 g/mol. The van der Waals surface area contributed by atoms with E-state index in [4.69, 9.17) is 21.1 Å². The van der Waals surface area contributed by atoms with E-state index in [1.54, 1.807) is 47.6 Å². The van der Waals surface area contributed by atoms with E-state index in [-0.39, 0.29) is 24.5 Å². The minimum atomic E-state index is -0.294. The Morgan fingerprint density at radius 3 is 2.70 bits per heavy atom. The Bertz CT molecular complexity index is 1260. The lowest BCUT2D eigenvalue weighted by Crippen LogP contribution is -2.49. The molecule has 1 unspecified atom stereocenters. The van der Waals surface area contributed by atoms with Crippen molar-refractivity contribution in [1.82, 2.24) is 9.80 Å². The number of benzene rings is 2. The van der Waals surface area contributed by atoms with Gasteiger partial charge in [0.1, 0.15) is 13.2 Å². The number of hydrogen-bond acceptors (Lipinski definition) is 5. The molecule has 1 saturated carbocycles. The minimum Gasteiger partial charge on any atom is -0.493 e. The van der Waals surface area contributed by atoms with Crippen LogP contribution in [0.25, 0.3) is 0 Å². The van der Waals surface area contributed by atoms with Gasteiger partial charge in [0.05, 0.1) is 13.2 Å². The summed E-state index contributed by atoms with van der Waals surface area (Å²) in [4.78, 5) is 31.6. The van der Waals surface area contributed by atoms with Gasteiger partial charge in [-0.2, -0.15) is 0 Å². The highest BCUT2D eigenvalue weighted by atomic mass is 35.5. The van der Waals surface area contributed by atoms with Crippen LogP contribution in [0.3, 0.4) is 0 Å². The number of fused-ring (bicyclic) bond motifs is 1. The Morgan fingerprint density at radius 2 is 1.95 bits per heavy atom. The number of nitrogens with one attached hydrogen (secondary N) is 1. The van der Waals surface area contributed by atoms with Crippen LogP contribution >= 0.6 is 22.9 Å². The SMILES string of the molecule is COc1ccccc1OCC1c2ccsc2CCN1C(=O)CN(CC1CC1)C(=O)Nc1cccc(Cl)c1. The fraction of sp³-hybridized carbons (Fsp3) is 0.357. The molecule has 1 aromatic heterocycles. The average Bonchev–Trinajstić information content (AvgIpc) is 3.59. The monoisotopic (exact) mass is 539 g/mol. The van der Waals surface area contributed by atoms with Crippen LogP contribution in [0.2, 0.25) is 5.02 Å². The van der Waals surface area contributed by atoms with E-state index in [1.807, 2.05) is 29.2 Å². The van der Waals surface area contributed by atoms with Crippen molar-refractivity contribution < 1.29 is 19.1 Å². The van der Waals surface area contributed by atoms with Gasteiger partial charge in [0.25, 0.3) is 0 Å². The second kappa shape index (κ2) is 11.4. The van der Waals surface area contributed by atoms with Crippen molar-refractivity contribution in [2.45, 2.75) is 25.3 Å². The van der Waals surface area contributed by atoms with E-state index in [0.717, 1.165) is 24.8 Å². The number of thiophene rings is 1. The zero-order valence-electron chi connectivity index (χ0n) is 20.7. The minimum absolute atomic E-state index is 0.00747. The Kier molecular flexibility index (Phi) is 7.86. The molecule has 1 atom stereocenters. The third-order valence-electron chi connectivity index (χ3n) is 6.75. The summed E-state index contributed by atoms with van der Waals surface area (Å²) in [5.41, 5.74) is 1.71. The second-order valence-corrected chi connectivity index (χ2v) is 10.8. The first-order valence-corrected chi connectivity index (χ1v) is 13.7. The third kappa shape index (κ3) is 6.19. The lowest BCUT2D eigenvalue weighted by molar-refractivity contribution is -0.135. The molecule has 194 valence electrons. The first-order valence-electron chi connectivity index (χ1n) is 12.4. The number of halogens is 1. The molecule has 9 heteroatoms. The second-order valence-electron chi connectivity index (χ2n) is 9.38. The molecule has 2 aromatic carbocycles. The molecule has 2 heterocycles. The molecule has 0 saturated heterocycles. The number of nitrogens with zero attached hydrogens (tertiary/aromatic N) is 2. The number of methoxy groups -OCH3 is 1. The van der Waals surface area contributed by atoms with Crippen molar-refractivity contribution in [1.29, 1.82) is 0 Å². The lowest BCUT2D eigenvalue weighted by atomic mass is 10.0. The van der Waals surface area contributed by atoms with Crippen molar-refractivity contribution in [2.75, 3.05) is 38.7 Å². The molecule has 7 nitrogen and oxygen atoms in total. The summed E-state index contributed by atoms with van der Waals surface area (Å²) in [6, 6.07) is 16.1. The smallest absolute Gasteiger partial charge is 0.322 e. The zero-order chi connectivity index (χ0) is 25.8. The lowest BCUT2D eigenvalue weighted by Gasteiger charge is -2.37. The normalized spacial score (nSPS) is 16.6. The number of anilines is 1. The van der Waals surface area contributed by atoms with E-state index < -0.39 is 0 Å². The molecule has 0 radical (unpaired) electrons. The molecule has 5 rings (SSSR count). The van der Waals surface area contributed by atoms with Crippen LogP contribution in [0, 0.1) is 5.92 Å². The number of carbonyl (C=O) groups excluding carboxylic acids is 2. The summed E-state index contributed by atoms with van der Waals surface area (Å²) in [6.45, 7) is 1.44. The van der Waals surface area contributed by atoms with E-state index in [0.29, 0.717) is 47.8 Å². The van der Waals surface area contributed by atoms with E-state index in [9.17, 15) is 9.59 Å². The third-order valence-corrected chi connectivity index (χ3v) is 7.98. The van der Waals surface area contributed by atoms with Crippen molar-refractivity contribution in [3.05, 3.63) is 75.4 Å². The van der Waals surface area contributed by atoms with Crippen LogP contribution in [-0.4, -0.2) is 55.1 Å². The van der Waals surface area contributed by atoms with Gasteiger partial charge in [-0.05, 0) is 72.5 Å². The molecule has 3 aromatic rings. The Morgan fingerprint density at radius 1 is 1.14 bits per heavy atom. The molecule has 1 aliphatic carbocycles. The maximum absolute atomic E-state index is 13.7. The van der Waals surface area contributed by atoms with Crippen LogP contribution in [0.4, 0.5) is 10.5 Å². The van der Waals surface area contributed by atoms with Crippen LogP contribution in [-0.2, 0) is 11.2 Å². The van der Waals surface area contributed by atoms with Gasteiger partial charge in [-0.25, -0.2) is 4.79 Å². The molecule has 0 bridgehead atoms. The van der Waals surface area contributed by atoms with Gasteiger partial charge >= 0.3 is 6.03 Å². The molecular formula is C28H30ClN3O4S. The van der Waals surface area contributed by atoms with Gasteiger partial charge in [0, 0.05) is 28.7 Å². The Labute approximate surface area is 225 Å². The first kappa shape index (κ1) is 25.4. The summed E-state index contributed by atoms with van der Waals surface area (Å²) in [5, 5.41) is 5.51. The van der Waals surface area contributed by atoms with Crippen LogP contribution in [0.15, 0.2) is 60.0 Å². The molecule has 2 aliphatic rings. The largest absolute Gasteiger partial charge is 0.493 e. The quantitative estimate of drug-likeness (QED) is 0.370. The Hall–Kier alpha value is -3.23. The maximum Gasteiger partial charge on any atom is 0.322 e. The molecule has 1 fully saturated rings. The van der Waals surface area contributed by atoms with Crippen molar-refractivity contribution >= 4 is 40.6 Å². The van der Waals surface area contributed by atoms with Crippen LogP contribution in [0.1, 0.15) is 29.3 Å². The Balaban J connectivity index is 1.31. The molecular weight excluding hydrogens is 510 g/mol. The van der Waals surface area contributed by atoms with Gasteiger partial charge in [-0.1, -0.05) is 29.8 Å². The number of ether oxygens (including phenoxy) is 2. The highest BCUT2D eigenvalue weighted by Crippen LogP contribution is 2.36. The van der Waals surface area contributed by atoms with Crippen molar-refractivity contribution in [3.63, 3.8) is 0 Å². The summed E-state index contributed by atoms with van der Waals surface area (Å²) < 4.78 is 11.6. The van der Waals surface area contributed by atoms with Gasteiger partial charge in [-0.15, -0.1) is 11.3 Å². The first-order chi connectivity index (χ1) is 18.0. The predicted molar refractivity (Wildman–Crippen MR) is 146 cm³/mol. The summed E-state index contributed by atoms with van der Waals surface area (Å²) in [6.07, 6.45) is 2.94. The van der Waals surface area contributed by atoms with Crippen LogP contribution < -0.4 is 14.8 Å². The number of urea groups is 1. The van der Waals surface area contributed by atoms with E-state index in [2.05, 4.69) is 16.8 Å². The van der Waals surface area contributed by atoms with Gasteiger partial charge in [0.2, 0.25) is 5.91 Å². The predicted octanol–water partition coefficient (Wildman–Crippen LogP) is 5.86. The topological polar surface area (TPSA) is 71.1 Å². The number of para-hydroxylation sites is 2. The van der Waals surface area contributed by atoms with Gasteiger partial charge < -0.3 is 24.6 Å². The van der Waals surface area contributed by atoms with Crippen molar-refractivity contribution in [2.24, 2.45) is 5.92 Å². The highest BCUT2D eigenvalue weighted by Gasteiger charge is 2.35. The number of rotatable bonds is 9. The fourth-order valence-electron chi connectivity index (χ4n) is 4.64. The highest BCUT2D eigenvalue weighted by molar-refractivity contribution is 7.10. The number of carbonyl (C=O) groups is 2.